The molecule has 1 aromatic carbocycles. The Morgan fingerprint density at radius 3 is 3.00 bits per heavy atom. The molecule has 30 heavy (non-hydrogen) atoms. The lowest BCUT2D eigenvalue weighted by molar-refractivity contribution is -0.121. The lowest BCUT2D eigenvalue weighted by Gasteiger charge is -2.16. The van der Waals surface area contributed by atoms with Crippen molar-refractivity contribution in [1.82, 2.24) is 40.0 Å². The van der Waals surface area contributed by atoms with Crippen molar-refractivity contribution in [2.24, 2.45) is 7.05 Å². The largest absolute Gasteiger partial charge is 0.353 e. The molecule has 1 saturated heterocycles. The zero-order valence-corrected chi connectivity index (χ0v) is 16.1. The van der Waals surface area contributed by atoms with Gasteiger partial charge in [0.1, 0.15) is 12.1 Å². The van der Waals surface area contributed by atoms with E-state index in [4.69, 9.17) is 0 Å². The highest BCUT2D eigenvalue weighted by Crippen LogP contribution is 2.26. The van der Waals surface area contributed by atoms with Crippen molar-refractivity contribution in [3.8, 4) is 17.5 Å². The highest BCUT2D eigenvalue weighted by molar-refractivity contribution is 5.96. The number of anilines is 1. The average Bonchev–Trinajstić information content (AvgIpc) is 3.33. The quantitative estimate of drug-likeness (QED) is 0.437. The Balaban J connectivity index is 1.71. The summed E-state index contributed by atoms with van der Waals surface area (Å²) in [4.78, 5) is 21.7. The van der Waals surface area contributed by atoms with Gasteiger partial charge in [-0.15, -0.1) is 5.10 Å². The van der Waals surface area contributed by atoms with Gasteiger partial charge in [0, 0.05) is 38.3 Å². The molecule has 0 radical (unpaired) electrons. The molecule has 5 rings (SSSR count). The molecule has 11 nitrogen and oxygen atoms in total. The van der Waals surface area contributed by atoms with E-state index in [-0.39, 0.29) is 5.91 Å². The van der Waals surface area contributed by atoms with Crippen LogP contribution in [0.1, 0.15) is 5.56 Å². The molecule has 4 heterocycles. The van der Waals surface area contributed by atoms with E-state index >= 15 is 0 Å². The molecule has 0 unspecified atom stereocenters. The summed E-state index contributed by atoms with van der Waals surface area (Å²) in [6.45, 7) is 1.69. The third kappa shape index (κ3) is 2.99. The molecule has 0 saturated carbocycles. The molecule has 1 aliphatic rings. The van der Waals surface area contributed by atoms with Gasteiger partial charge in [0.05, 0.1) is 22.8 Å². The fourth-order valence-electron chi connectivity index (χ4n) is 3.48. The summed E-state index contributed by atoms with van der Waals surface area (Å²) in [5.74, 6) is 0.689. The summed E-state index contributed by atoms with van der Waals surface area (Å²) in [5, 5.41) is 28.3. The number of amides is 1. The minimum atomic E-state index is -0.541. The van der Waals surface area contributed by atoms with Crippen LogP contribution in [-0.2, 0) is 11.8 Å². The Hall–Kier alpha value is -4.04. The number of fused-ring (bicyclic) bond motifs is 3. The second-order valence-electron chi connectivity index (χ2n) is 7.01. The number of carbonyl (C=O) groups excluding carboxylic acids is 1. The molecule has 4 aromatic rings. The van der Waals surface area contributed by atoms with Crippen LogP contribution in [0.2, 0.25) is 0 Å². The Morgan fingerprint density at radius 2 is 2.20 bits per heavy atom. The van der Waals surface area contributed by atoms with Crippen LogP contribution in [0.15, 0.2) is 30.6 Å². The van der Waals surface area contributed by atoms with Crippen molar-refractivity contribution in [3.05, 3.63) is 36.2 Å². The number of hydrogen-bond acceptors (Lipinski definition) is 8. The van der Waals surface area contributed by atoms with Gasteiger partial charge in [-0.05, 0) is 12.1 Å². The third-order valence-corrected chi connectivity index (χ3v) is 4.96. The van der Waals surface area contributed by atoms with Crippen LogP contribution in [0, 0.1) is 11.3 Å². The molecule has 3 aromatic heterocycles. The molecule has 1 atom stereocenters. The van der Waals surface area contributed by atoms with Gasteiger partial charge in [-0.2, -0.15) is 14.9 Å². The summed E-state index contributed by atoms with van der Waals surface area (Å²) in [6.07, 6.45) is 3.50. The van der Waals surface area contributed by atoms with Crippen LogP contribution in [0.5, 0.6) is 0 Å². The minimum Gasteiger partial charge on any atom is -0.353 e. The summed E-state index contributed by atoms with van der Waals surface area (Å²) < 4.78 is 3.25. The molecular weight excluding hydrogens is 384 g/mol. The first-order valence-electron chi connectivity index (χ1n) is 9.47. The number of nitriles is 1. The zero-order valence-electron chi connectivity index (χ0n) is 16.1. The number of benzene rings is 1. The fourth-order valence-corrected chi connectivity index (χ4v) is 3.48. The topological polar surface area (TPSA) is 138 Å². The lowest BCUT2D eigenvalue weighted by Crippen LogP contribution is -2.42. The second kappa shape index (κ2) is 7.09. The van der Waals surface area contributed by atoms with Crippen molar-refractivity contribution in [2.45, 2.75) is 6.04 Å². The number of nitrogens with zero attached hydrogens (tertiary/aromatic N) is 7. The van der Waals surface area contributed by atoms with Gasteiger partial charge in [0.2, 0.25) is 11.9 Å². The maximum atomic E-state index is 12.4. The zero-order chi connectivity index (χ0) is 20.7. The van der Waals surface area contributed by atoms with Crippen LogP contribution in [0.3, 0.4) is 0 Å². The van der Waals surface area contributed by atoms with Gasteiger partial charge in [-0.3, -0.25) is 9.48 Å². The maximum Gasteiger partial charge on any atom is 0.243 e. The van der Waals surface area contributed by atoms with E-state index in [1.54, 1.807) is 27.5 Å². The van der Waals surface area contributed by atoms with Crippen LogP contribution in [0.4, 0.5) is 5.95 Å². The first-order valence-corrected chi connectivity index (χ1v) is 9.47. The minimum absolute atomic E-state index is 0.129. The third-order valence-electron chi connectivity index (χ3n) is 4.96. The smallest absolute Gasteiger partial charge is 0.243 e. The molecule has 0 aliphatic carbocycles. The Labute approximate surface area is 170 Å². The predicted octanol–water partition coefficient (Wildman–Crippen LogP) is 0.0496. The number of nitrogens with one attached hydrogen (secondary N) is 3. The Bertz CT molecular complexity index is 1310. The van der Waals surface area contributed by atoms with E-state index in [2.05, 4.69) is 42.2 Å². The van der Waals surface area contributed by atoms with E-state index in [1.807, 2.05) is 19.3 Å². The van der Waals surface area contributed by atoms with Crippen molar-refractivity contribution in [1.29, 1.82) is 5.26 Å². The van der Waals surface area contributed by atoms with Gasteiger partial charge < -0.3 is 16.0 Å². The normalized spacial score (nSPS) is 16.9. The fraction of sp³-hybridized carbons (Fsp3) is 0.263. The number of aryl methyl sites for hydroxylation is 1. The second-order valence-corrected chi connectivity index (χ2v) is 7.01. The molecule has 3 N–H and O–H groups in total. The predicted molar refractivity (Wildman–Crippen MR) is 108 cm³/mol. The van der Waals surface area contributed by atoms with Crippen LogP contribution in [0.25, 0.3) is 27.9 Å². The highest BCUT2D eigenvalue weighted by atomic mass is 16.2. The molecule has 1 amide bonds. The van der Waals surface area contributed by atoms with Crippen LogP contribution < -0.4 is 16.0 Å². The van der Waals surface area contributed by atoms with Crippen molar-refractivity contribution >= 4 is 28.4 Å². The number of aromatic nitrogens is 6. The van der Waals surface area contributed by atoms with Gasteiger partial charge in [0.25, 0.3) is 0 Å². The Kier molecular flexibility index (Phi) is 4.26. The standard InChI is InChI=1S/C19H18N10O/c1-28-10-12(8-23-28)16-26-17-13-4-2-3-11(7-20)15(13)25-19(29(17)27-16)24-14-9-21-5-6-22-18(14)30/h2-4,8,10,14,21H,5-6,9H2,1H3,(H,22,30)(H,24,25)/t14-/m1/s1. The molecule has 0 spiro atoms. The Morgan fingerprint density at radius 1 is 1.30 bits per heavy atom. The average molecular weight is 402 g/mol. The van der Waals surface area contributed by atoms with Gasteiger partial charge in [-0.1, -0.05) is 6.07 Å². The number of rotatable bonds is 3. The molecule has 0 bridgehead atoms. The van der Waals surface area contributed by atoms with E-state index in [9.17, 15) is 10.1 Å². The molecule has 11 heteroatoms. The van der Waals surface area contributed by atoms with E-state index in [0.29, 0.717) is 53.5 Å². The lowest BCUT2D eigenvalue weighted by atomic mass is 10.1. The van der Waals surface area contributed by atoms with Crippen molar-refractivity contribution < 1.29 is 4.79 Å². The maximum absolute atomic E-state index is 12.4. The first kappa shape index (κ1) is 18.0. The summed E-state index contributed by atoms with van der Waals surface area (Å²) in [5.41, 5.74) is 2.22. The summed E-state index contributed by atoms with van der Waals surface area (Å²) in [6, 6.07) is 6.97. The van der Waals surface area contributed by atoms with Crippen molar-refractivity contribution in [2.75, 3.05) is 25.0 Å². The highest BCUT2D eigenvalue weighted by Gasteiger charge is 2.24. The SMILES string of the molecule is Cn1cc(-c2nc3c4cccc(C#N)c4nc(N[C@@H]4CNCCNC4=O)n3n2)cn1. The molecule has 1 fully saturated rings. The van der Waals surface area contributed by atoms with E-state index in [1.165, 1.54) is 0 Å². The van der Waals surface area contributed by atoms with Gasteiger partial charge in [0.15, 0.2) is 11.5 Å². The van der Waals surface area contributed by atoms with Crippen LogP contribution >= 0.6 is 0 Å². The summed E-state index contributed by atoms with van der Waals surface area (Å²) >= 11 is 0. The molecule has 1 aliphatic heterocycles. The first-order chi connectivity index (χ1) is 14.6. The van der Waals surface area contributed by atoms with Crippen LogP contribution in [-0.4, -0.2) is 60.9 Å². The summed E-state index contributed by atoms with van der Waals surface area (Å²) in [7, 11) is 1.82. The molecular formula is C19H18N10O. The number of hydrogen-bond donors (Lipinski definition) is 3. The molecule has 150 valence electrons. The van der Waals surface area contributed by atoms with Gasteiger partial charge in [-0.25, -0.2) is 9.97 Å². The number of para-hydroxylation sites is 1. The monoisotopic (exact) mass is 402 g/mol. The number of carbonyl (C=O) groups is 1. The van der Waals surface area contributed by atoms with E-state index < -0.39 is 6.04 Å². The van der Waals surface area contributed by atoms with Crippen molar-refractivity contribution in [3.63, 3.8) is 0 Å². The van der Waals surface area contributed by atoms with Gasteiger partial charge >= 0.3 is 0 Å². The van der Waals surface area contributed by atoms with E-state index in [0.717, 1.165) is 5.56 Å².